The summed E-state index contributed by atoms with van der Waals surface area (Å²) in [5, 5.41) is 0. The molecule has 3 fully saturated rings. The molecule has 3 saturated carbocycles. The molecule has 0 bridgehead atoms. The van der Waals surface area contributed by atoms with Crippen LogP contribution < -0.4 is 0 Å². The standard InChI is InChI=1S/C16H18Si/c1-17(11-8-14-2-3-14,12-9-15-4-5-15)13-10-16-6-7-16/h14-16H,2-7H2,1H3. The van der Waals surface area contributed by atoms with Crippen molar-refractivity contribution in [3.8, 4) is 34.4 Å². The summed E-state index contributed by atoms with van der Waals surface area (Å²) < 4.78 is 0. The fraction of sp³-hybridized carbons (Fsp3) is 0.625. The van der Waals surface area contributed by atoms with Gasteiger partial charge in [0.25, 0.3) is 8.07 Å². The Balaban J connectivity index is 1.76. The third-order valence-electron chi connectivity index (χ3n) is 3.31. The van der Waals surface area contributed by atoms with Crippen LogP contribution in [-0.2, 0) is 0 Å². The van der Waals surface area contributed by atoms with Crippen LogP contribution in [0.25, 0.3) is 0 Å². The largest absolute Gasteiger partial charge is 0.288 e. The van der Waals surface area contributed by atoms with Crippen LogP contribution in [0.3, 0.4) is 0 Å². The molecule has 0 atom stereocenters. The molecular formula is C16H18Si. The summed E-state index contributed by atoms with van der Waals surface area (Å²) >= 11 is 0. The van der Waals surface area contributed by atoms with Crippen LogP contribution in [-0.4, -0.2) is 8.07 Å². The molecular weight excluding hydrogens is 220 g/mol. The second-order valence-electron chi connectivity index (χ2n) is 5.76. The predicted octanol–water partition coefficient (Wildman–Crippen LogP) is 2.92. The molecule has 0 radical (unpaired) electrons. The lowest BCUT2D eigenvalue weighted by atomic mass is 10.5. The van der Waals surface area contributed by atoms with Crippen LogP contribution >= 0.6 is 0 Å². The molecule has 3 aliphatic rings. The van der Waals surface area contributed by atoms with Gasteiger partial charge in [-0.2, -0.15) is 0 Å². The number of hydrogen-bond acceptors (Lipinski definition) is 0. The van der Waals surface area contributed by atoms with Crippen molar-refractivity contribution < 1.29 is 0 Å². The second kappa shape index (κ2) is 4.29. The van der Waals surface area contributed by atoms with Crippen molar-refractivity contribution in [2.75, 3.05) is 0 Å². The Hall–Kier alpha value is -1.10. The topological polar surface area (TPSA) is 0 Å². The molecule has 0 saturated heterocycles. The minimum Gasteiger partial charge on any atom is -0.105 e. The van der Waals surface area contributed by atoms with Gasteiger partial charge in [-0.1, -0.05) is 0 Å². The summed E-state index contributed by atoms with van der Waals surface area (Å²) in [6.07, 6.45) is 7.77. The van der Waals surface area contributed by atoms with Crippen molar-refractivity contribution in [1.29, 1.82) is 0 Å². The van der Waals surface area contributed by atoms with E-state index in [0.29, 0.717) is 17.8 Å². The average molecular weight is 238 g/mol. The van der Waals surface area contributed by atoms with Gasteiger partial charge in [0.05, 0.1) is 0 Å². The third kappa shape index (κ3) is 3.69. The van der Waals surface area contributed by atoms with E-state index in [0.717, 1.165) is 0 Å². The number of rotatable bonds is 0. The minimum absolute atomic E-state index is 0.673. The predicted molar refractivity (Wildman–Crippen MR) is 73.1 cm³/mol. The maximum absolute atomic E-state index is 3.47. The van der Waals surface area contributed by atoms with Gasteiger partial charge < -0.3 is 0 Å². The zero-order valence-electron chi connectivity index (χ0n) is 10.5. The van der Waals surface area contributed by atoms with Gasteiger partial charge >= 0.3 is 0 Å². The van der Waals surface area contributed by atoms with Gasteiger partial charge in [0.15, 0.2) is 0 Å². The van der Waals surface area contributed by atoms with E-state index in [2.05, 4.69) is 40.9 Å². The van der Waals surface area contributed by atoms with E-state index in [-0.39, 0.29) is 0 Å². The van der Waals surface area contributed by atoms with Crippen LogP contribution in [0.15, 0.2) is 0 Å². The van der Waals surface area contributed by atoms with Crippen molar-refractivity contribution in [3.05, 3.63) is 0 Å². The van der Waals surface area contributed by atoms with E-state index in [1.54, 1.807) is 0 Å². The molecule has 0 aromatic carbocycles. The first-order chi connectivity index (χ1) is 8.23. The molecule has 0 aliphatic heterocycles. The van der Waals surface area contributed by atoms with E-state index in [1.165, 1.54) is 38.5 Å². The van der Waals surface area contributed by atoms with Crippen molar-refractivity contribution in [3.63, 3.8) is 0 Å². The van der Waals surface area contributed by atoms with Crippen LogP contribution in [0.5, 0.6) is 0 Å². The second-order valence-corrected chi connectivity index (χ2v) is 8.76. The average Bonchev–Trinajstić information content (AvgIpc) is 3.17. The van der Waals surface area contributed by atoms with Crippen molar-refractivity contribution in [2.24, 2.45) is 17.8 Å². The maximum atomic E-state index is 3.47. The lowest BCUT2D eigenvalue weighted by Crippen LogP contribution is -2.25. The molecule has 17 heavy (non-hydrogen) atoms. The van der Waals surface area contributed by atoms with Crippen molar-refractivity contribution in [1.82, 2.24) is 0 Å². The van der Waals surface area contributed by atoms with Gasteiger partial charge in [0.1, 0.15) is 0 Å². The summed E-state index contributed by atoms with van der Waals surface area (Å²) in [4.78, 5) is 0. The van der Waals surface area contributed by atoms with E-state index in [9.17, 15) is 0 Å². The Bertz CT molecular complexity index is 411. The molecule has 0 heterocycles. The van der Waals surface area contributed by atoms with E-state index < -0.39 is 8.07 Å². The van der Waals surface area contributed by atoms with Crippen LogP contribution in [0.2, 0.25) is 6.55 Å². The molecule has 0 aromatic heterocycles. The maximum Gasteiger partial charge on any atom is 0.288 e. The first kappa shape index (κ1) is 11.0. The molecule has 0 unspecified atom stereocenters. The Morgan fingerprint density at radius 2 is 0.941 bits per heavy atom. The number of hydrogen-bond donors (Lipinski definition) is 0. The quantitative estimate of drug-likeness (QED) is 0.450. The van der Waals surface area contributed by atoms with Gasteiger partial charge in [-0.05, 0) is 45.1 Å². The molecule has 0 aromatic rings. The van der Waals surface area contributed by atoms with Gasteiger partial charge in [-0.15, -0.1) is 34.4 Å². The van der Waals surface area contributed by atoms with Gasteiger partial charge in [0, 0.05) is 17.8 Å². The fourth-order valence-electron chi connectivity index (χ4n) is 1.52. The molecule has 3 rings (SSSR count). The fourth-order valence-corrected chi connectivity index (χ4v) is 3.18. The molecule has 3 aliphatic carbocycles. The van der Waals surface area contributed by atoms with Gasteiger partial charge in [0.2, 0.25) is 0 Å². The molecule has 1 heteroatoms. The molecule has 0 N–H and O–H groups in total. The highest BCUT2D eigenvalue weighted by Gasteiger charge is 2.26. The van der Waals surface area contributed by atoms with Crippen LogP contribution in [0.4, 0.5) is 0 Å². The molecule has 0 amide bonds. The highest BCUT2D eigenvalue weighted by Crippen LogP contribution is 2.29. The van der Waals surface area contributed by atoms with Gasteiger partial charge in [-0.3, -0.25) is 0 Å². The zero-order chi connectivity index (χ0) is 11.7. The lowest BCUT2D eigenvalue weighted by molar-refractivity contribution is 1.18. The van der Waals surface area contributed by atoms with E-state index >= 15 is 0 Å². The summed E-state index contributed by atoms with van der Waals surface area (Å²) in [6.45, 7) is 2.23. The van der Waals surface area contributed by atoms with Gasteiger partial charge in [-0.25, -0.2) is 0 Å². The molecule has 0 spiro atoms. The first-order valence-electron chi connectivity index (χ1n) is 6.82. The highest BCUT2D eigenvalue weighted by atomic mass is 28.3. The Kier molecular flexibility index (Phi) is 2.78. The summed E-state index contributed by atoms with van der Waals surface area (Å²) in [7, 11) is -1.90. The Labute approximate surface area is 106 Å². The Morgan fingerprint density at radius 1 is 0.647 bits per heavy atom. The SMILES string of the molecule is C[Si](C#CC1CC1)(C#CC1CC1)C#CC1CC1. The highest BCUT2D eigenvalue weighted by molar-refractivity contribution is 6.99. The summed E-state index contributed by atoms with van der Waals surface area (Å²) in [6, 6.07) is 0. The lowest BCUT2D eigenvalue weighted by Gasteiger charge is -2.03. The van der Waals surface area contributed by atoms with E-state index in [4.69, 9.17) is 0 Å². The summed E-state index contributed by atoms with van der Waals surface area (Å²) in [5.74, 6) is 12.2. The third-order valence-corrected chi connectivity index (χ3v) is 5.24. The Morgan fingerprint density at radius 3 is 1.18 bits per heavy atom. The smallest absolute Gasteiger partial charge is 0.105 e. The molecule has 0 nitrogen and oxygen atoms in total. The van der Waals surface area contributed by atoms with Crippen LogP contribution in [0, 0.1) is 52.1 Å². The monoisotopic (exact) mass is 238 g/mol. The van der Waals surface area contributed by atoms with Crippen molar-refractivity contribution in [2.45, 2.75) is 45.1 Å². The zero-order valence-corrected chi connectivity index (χ0v) is 11.5. The normalized spacial score (nSPS) is 22.4. The molecule has 86 valence electrons. The van der Waals surface area contributed by atoms with Crippen LogP contribution in [0.1, 0.15) is 38.5 Å². The van der Waals surface area contributed by atoms with Crippen molar-refractivity contribution >= 4 is 8.07 Å². The summed E-state index contributed by atoms with van der Waals surface area (Å²) in [5.41, 5.74) is 10.4. The minimum atomic E-state index is -1.90. The first-order valence-corrected chi connectivity index (χ1v) is 9.32. The van der Waals surface area contributed by atoms with E-state index in [1.807, 2.05) is 0 Å².